The number of benzene rings is 3. The van der Waals surface area contributed by atoms with Crippen LogP contribution in [0, 0.1) is 19.7 Å². The van der Waals surface area contributed by atoms with Crippen molar-refractivity contribution in [1.29, 1.82) is 0 Å². The first-order valence-electron chi connectivity index (χ1n) is 13.9. The molecule has 1 amide bonds. The van der Waals surface area contributed by atoms with Gasteiger partial charge in [0.05, 0.1) is 17.8 Å². The number of rotatable bonds is 8. The van der Waals surface area contributed by atoms with Crippen LogP contribution in [0.25, 0.3) is 5.69 Å². The topological polar surface area (TPSA) is 71.4 Å². The monoisotopic (exact) mass is 591 g/mol. The van der Waals surface area contributed by atoms with E-state index >= 15 is 0 Å². The Labute approximate surface area is 255 Å². The highest BCUT2D eigenvalue weighted by atomic mass is 32.1. The molecule has 0 radical (unpaired) electrons. The summed E-state index contributed by atoms with van der Waals surface area (Å²) < 4.78 is 21.4. The molecule has 0 spiro atoms. The molecule has 0 unspecified atom stereocenters. The van der Waals surface area contributed by atoms with Crippen LogP contribution in [0.3, 0.4) is 0 Å². The van der Waals surface area contributed by atoms with Gasteiger partial charge in [-0.1, -0.05) is 24.3 Å². The van der Waals surface area contributed by atoms with Gasteiger partial charge >= 0.3 is 0 Å². The zero-order valence-corrected chi connectivity index (χ0v) is 24.5. The van der Waals surface area contributed by atoms with E-state index in [4.69, 9.17) is 17.0 Å². The Morgan fingerprint density at radius 2 is 1.65 bits per heavy atom. The Morgan fingerprint density at radius 3 is 2.35 bits per heavy atom. The zero-order valence-electron chi connectivity index (χ0n) is 23.7. The van der Waals surface area contributed by atoms with Gasteiger partial charge in [0, 0.05) is 34.6 Å². The first-order chi connectivity index (χ1) is 20.9. The maximum absolute atomic E-state index is 13.7. The largest absolute Gasteiger partial charge is 0.484 e. The minimum atomic E-state index is -0.276. The summed E-state index contributed by atoms with van der Waals surface area (Å²) in [6.45, 7) is 4.01. The fourth-order valence-electron chi connectivity index (χ4n) is 5.59. The van der Waals surface area contributed by atoms with Crippen LogP contribution >= 0.6 is 12.2 Å². The molecular weight excluding hydrogens is 561 g/mol. The van der Waals surface area contributed by atoms with Crippen LogP contribution < -0.4 is 20.3 Å². The number of halogens is 1. The lowest BCUT2D eigenvalue weighted by Crippen LogP contribution is -2.29. The van der Waals surface area contributed by atoms with Gasteiger partial charge in [-0.25, -0.2) is 4.39 Å². The van der Waals surface area contributed by atoms with Crippen LogP contribution in [-0.4, -0.2) is 27.2 Å². The molecule has 2 atom stereocenters. The molecule has 1 saturated heterocycles. The quantitative estimate of drug-likeness (QED) is 0.193. The van der Waals surface area contributed by atoms with E-state index < -0.39 is 0 Å². The lowest BCUT2D eigenvalue weighted by atomic mass is 9.96. The Hall–Kier alpha value is -5.02. The van der Waals surface area contributed by atoms with Crippen LogP contribution in [0.1, 0.15) is 34.7 Å². The third kappa shape index (κ3) is 5.85. The number of hydrogen-bond acceptors (Lipinski definition) is 4. The fourth-order valence-corrected chi connectivity index (χ4v) is 5.94. The maximum atomic E-state index is 13.7. The number of aromatic nitrogens is 2. The normalized spacial score (nSPS) is 16.2. The highest BCUT2D eigenvalue weighted by Crippen LogP contribution is 2.44. The molecule has 1 aliphatic heterocycles. The van der Waals surface area contributed by atoms with E-state index in [0.29, 0.717) is 16.5 Å². The molecule has 0 bridgehead atoms. The molecule has 43 heavy (non-hydrogen) atoms. The van der Waals surface area contributed by atoms with Gasteiger partial charge in [-0.05, 0) is 110 Å². The van der Waals surface area contributed by atoms with E-state index in [2.05, 4.69) is 38.1 Å². The first kappa shape index (κ1) is 28.1. The molecule has 6 rings (SSSR count). The molecular formula is C34H30FN5O2S. The molecule has 5 aromatic rings. The van der Waals surface area contributed by atoms with Crippen molar-refractivity contribution in [2.24, 2.45) is 0 Å². The van der Waals surface area contributed by atoms with Crippen molar-refractivity contribution in [2.45, 2.75) is 25.9 Å². The number of anilines is 2. The number of amides is 1. The van der Waals surface area contributed by atoms with Crippen molar-refractivity contribution in [3.63, 3.8) is 0 Å². The molecule has 216 valence electrons. The minimum Gasteiger partial charge on any atom is -0.484 e. The second-order valence-corrected chi connectivity index (χ2v) is 10.7. The van der Waals surface area contributed by atoms with Crippen molar-refractivity contribution >= 4 is 34.6 Å². The Bertz CT molecular complexity index is 1740. The predicted molar refractivity (Wildman–Crippen MR) is 170 cm³/mol. The van der Waals surface area contributed by atoms with Gasteiger partial charge in [-0.2, -0.15) is 0 Å². The number of nitrogens with one attached hydrogen (secondary N) is 2. The van der Waals surface area contributed by atoms with Crippen molar-refractivity contribution in [3.05, 3.63) is 138 Å². The van der Waals surface area contributed by atoms with Crippen molar-refractivity contribution in [2.75, 3.05) is 16.8 Å². The molecule has 2 N–H and O–H groups in total. The fraction of sp³-hybridized carbons (Fsp3) is 0.147. The highest BCUT2D eigenvalue weighted by Gasteiger charge is 2.42. The lowest BCUT2D eigenvalue weighted by Gasteiger charge is -2.28. The van der Waals surface area contributed by atoms with Gasteiger partial charge in [-0.3, -0.25) is 9.78 Å². The number of nitrogens with zero attached hydrogens (tertiary/aromatic N) is 3. The van der Waals surface area contributed by atoms with E-state index in [0.717, 1.165) is 34.0 Å². The van der Waals surface area contributed by atoms with Crippen molar-refractivity contribution in [3.8, 4) is 11.4 Å². The van der Waals surface area contributed by atoms with Crippen LogP contribution in [-0.2, 0) is 4.79 Å². The van der Waals surface area contributed by atoms with Crippen molar-refractivity contribution < 1.29 is 13.9 Å². The van der Waals surface area contributed by atoms with Gasteiger partial charge in [0.25, 0.3) is 5.91 Å². The number of carbonyl (C=O) groups excluding carboxylic acids is 1. The summed E-state index contributed by atoms with van der Waals surface area (Å²) in [6.07, 6.45) is 1.78. The summed E-state index contributed by atoms with van der Waals surface area (Å²) >= 11 is 5.90. The van der Waals surface area contributed by atoms with Crippen LogP contribution in [0.2, 0.25) is 0 Å². The number of thiocarbonyl (C=S) groups is 1. The molecule has 9 heteroatoms. The summed E-state index contributed by atoms with van der Waals surface area (Å²) in [4.78, 5) is 19.3. The van der Waals surface area contributed by atoms with Crippen LogP contribution in [0.4, 0.5) is 15.8 Å². The molecule has 7 nitrogen and oxygen atoms in total. The number of pyridine rings is 1. The number of para-hydroxylation sites is 1. The van der Waals surface area contributed by atoms with Crippen molar-refractivity contribution in [1.82, 2.24) is 14.9 Å². The second-order valence-electron chi connectivity index (χ2n) is 10.3. The number of carbonyl (C=O) groups is 1. The average molecular weight is 592 g/mol. The van der Waals surface area contributed by atoms with E-state index in [9.17, 15) is 9.18 Å². The maximum Gasteiger partial charge on any atom is 0.262 e. The van der Waals surface area contributed by atoms with E-state index in [1.54, 1.807) is 30.5 Å². The van der Waals surface area contributed by atoms with Gasteiger partial charge in [-0.15, -0.1) is 0 Å². The number of aryl methyl sites for hydroxylation is 1. The summed E-state index contributed by atoms with van der Waals surface area (Å²) in [7, 11) is 0. The third-order valence-corrected chi connectivity index (χ3v) is 7.83. The predicted octanol–water partition coefficient (Wildman–Crippen LogP) is 6.82. The van der Waals surface area contributed by atoms with Gasteiger partial charge in [0.15, 0.2) is 11.7 Å². The SMILES string of the molecule is Cc1cc([C@@H]2[C@H](c3ccccn3)NC(=S)N2c2ccc(NC(=O)COc3ccccc3)cc2)c(C)n1-c1ccc(F)cc1. The van der Waals surface area contributed by atoms with Gasteiger partial charge in [0.1, 0.15) is 11.6 Å². The van der Waals surface area contributed by atoms with Crippen LogP contribution in [0.15, 0.2) is 109 Å². The molecule has 0 aliphatic carbocycles. The number of ether oxygens (including phenoxy) is 1. The molecule has 3 heterocycles. The van der Waals surface area contributed by atoms with Gasteiger partial charge < -0.3 is 24.8 Å². The second kappa shape index (κ2) is 12.1. The summed E-state index contributed by atoms with van der Waals surface area (Å²) in [6, 6.07) is 30.9. The Balaban J connectivity index is 1.30. The molecule has 1 aliphatic rings. The molecule has 2 aromatic heterocycles. The summed E-state index contributed by atoms with van der Waals surface area (Å²) in [5.41, 5.74) is 6.38. The zero-order chi connectivity index (χ0) is 29.9. The van der Waals surface area contributed by atoms with E-state index in [1.807, 2.05) is 67.6 Å². The average Bonchev–Trinajstić information content (AvgIpc) is 3.52. The number of hydrogen-bond donors (Lipinski definition) is 2. The molecule has 1 fully saturated rings. The Kier molecular flexibility index (Phi) is 7.89. The third-order valence-electron chi connectivity index (χ3n) is 7.51. The molecule has 0 saturated carbocycles. The highest BCUT2D eigenvalue weighted by molar-refractivity contribution is 7.80. The smallest absolute Gasteiger partial charge is 0.262 e. The minimum absolute atomic E-state index is 0.0939. The van der Waals surface area contributed by atoms with E-state index in [-0.39, 0.29) is 30.4 Å². The summed E-state index contributed by atoms with van der Waals surface area (Å²) in [5.74, 6) is 0.105. The van der Waals surface area contributed by atoms with Crippen LogP contribution in [0.5, 0.6) is 5.75 Å². The lowest BCUT2D eigenvalue weighted by molar-refractivity contribution is -0.118. The van der Waals surface area contributed by atoms with Gasteiger partial charge in [0.2, 0.25) is 0 Å². The first-order valence-corrected chi connectivity index (χ1v) is 14.3. The molecule has 3 aromatic carbocycles. The van der Waals surface area contributed by atoms with E-state index in [1.165, 1.54) is 12.1 Å². The standard InChI is InChI=1S/C34H30FN5O2S/c1-22-20-29(23(2)39(22)26-15-11-24(35)12-16-26)33-32(30-10-6-7-19-36-30)38-34(43)40(33)27-17-13-25(14-18-27)37-31(41)21-42-28-8-4-3-5-9-28/h3-20,32-33H,21H2,1-2H3,(H,37,41)(H,38,43)/t32-,33+/m0/s1. The summed E-state index contributed by atoms with van der Waals surface area (Å²) in [5, 5.41) is 6.96. The Morgan fingerprint density at radius 1 is 0.953 bits per heavy atom.